The Morgan fingerprint density at radius 2 is 2.04 bits per heavy atom. The summed E-state index contributed by atoms with van der Waals surface area (Å²) in [6.45, 7) is 0. The molecule has 0 unspecified atom stereocenters. The first kappa shape index (κ1) is 17.3. The van der Waals surface area contributed by atoms with Crippen molar-refractivity contribution in [2.24, 2.45) is 10.1 Å². The topological polar surface area (TPSA) is 42.8 Å². The van der Waals surface area contributed by atoms with Crippen molar-refractivity contribution in [1.29, 1.82) is 0 Å². The average Bonchev–Trinajstić information content (AvgIpc) is 3.31. The van der Waals surface area contributed by atoms with Crippen LogP contribution in [0, 0.1) is 0 Å². The summed E-state index contributed by atoms with van der Waals surface area (Å²) in [6.07, 6.45) is 9.53. The monoisotopic (exact) mass is 385 g/mol. The number of hydrogen-bond donors (Lipinski definition) is 0. The molecule has 4 nitrogen and oxygen atoms in total. The molecule has 1 aliphatic carbocycles. The number of furan rings is 1. The van der Waals surface area contributed by atoms with Crippen LogP contribution in [0.25, 0.3) is 11.3 Å². The predicted molar refractivity (Wildman–Crippen MR) is 107 cm³/mol. The number of benzene rings is 1. The molecule has 1 fully saturated rings. The Hall–Kier alpha value is -2.11. The van der Waals surface area contributed by atoms with Crippen LogP contribution in [0.2, 0.25) is 5.02 Å². The minimum absolute atomic E-state index is 0.389. The van der Waals surface area contributed by atoms with E-state index in [1.165, 1.54) is 19.3 Å². The van der Waals surface area contributed by atoms with Crippen LogP contribution in [-0.2, 0) is 0 Å². The summed E-state index contributed by atoms with van der Waals surface area (Å²) in [7, 11) is 0. The molecule has 0 N–H and O–H groups in total. The fourth-order valence-corrected chi connectivity index (χ4v) is 4.29. The molecule has 2 heterocycles. The van der Waals surface area contributed by atoms with Crippen LogP contribution in [0.1, 0.15) is 37.9 Å². The highest BCUT2D eigenvalue weighted by Gasteiger charge is 2.14. The Labute approximate surface area is 161 Å². The van der Waals surface area contributed by atoms with E-state index in [1.807, 2.05) is 41.1 Å². The van der Waals surface area contributed by atoms with Crippen molar-refractivity contribution in [1.82, 2.24) is 4.68 Å². The lowest BCUT2D eigenvalue weighted by atomic mass is 9.96. The van der Waals surface area contributed by atoms with Gasteiger partial charge in [-0.1, -0.05) is 43.0 Å². The molecule has 6 heteroatoms. The van der Waals surface area contributed by atoms with Crippen molar-refractivity contribution in [3.05, 3.63) is 63.6 Å². The normalized spacial score (nSPS) is 16.6. The summed E-state index contributed by atoms with van der Waals surface area (Å²) in [6, 6.07) is 11.9. The highest BCUT2D eigenvalue weighted by molar-refractivity contribution is 7.07. The zero-order valence-electron chi connectivity index (χ0n) is 14.3. The van der Waals surface area contributed by atoms with E-state index in [0.717, 1.165) is 28.9 Å². The van der Waals surface area contributed by atoms with E-state index in [-0.39, 0.29) is 0 Å². The first-order valence-corrected chi connectivity index (χ1v) is 10.1. The fourth-order valence-electron chi connectivity index (χ4n) is 3.19. The van der Waals surface area contributed by atoms with Gasteiger partial charge in [-0.3, -0.25) is 4.99 Å². The summed E-state index contributed by atoms with van der Waals surface area (Å²) < 4.78 is 7.27. The van der Waals surface area contributed by atoms with Gasteiger partial charge in [-0.25, -0.2) is 4.68 Å². The molecular weight excluding hydrogens is 366 g/mol. The smallest absolute Gasteiger partial charge is 0.206 e. The van der Waals surface area contributed by atoms with Crippen LogP contribution < -0.4 is 4.80 Å². The van der Waals surface area contributed by atoms with Crippen molar-refractivity contribution in [3.63, 3.8) is 0 Å². The summed E-state index contributed by atoms with van der Waals surface area (Å²) in [4.78, 5) is 5.90. The van der Waals surface area contributed by atoms with Crippen LogP contribution in [0.4, 0.5) is 0 Å². The maximum atomic E-state index is 6.19. The molecular formula is C20H20ClN3OS. The number of thiazole rings is 1. The minimum atomic E-state index is 0.389. The van der Waals surface area contributed by atoms with E-state index in [2.05, 4.69) is 10.5 Å². The number of nitrogens with zero attached hydrogens (tertiary/aromatic N) is 3. The van der Waals surface area contributed by atoms with Gasteiger partial charge in [0.25, 0.3) is 0 Å². The van der Waals surface area contributed by atoms with Crippen molar-refractivity contribution < 1.29 is 4.42 Å². The summed E-state index contributed by atoms with van der Waals surface area (Å²) in [5.41, 5.74) is 2.00. The number of rotatable bonds is 4. The van der Waals surface area contributed by atoms with Crippen LogP contribution in [0.5, 0.6) is 0 Å². The largest absolute Gasteiger partial charge is 0.463 e. The first-order chi connectivity index (χ1) is 12.8. The standard InChI is InChI=1S/C20H20ClN3OS/c21-16-7-4-6-15(12-16)19-14-26-20(23-17-8-2-1-3-9-17)24(19)22-13-18-10-5-11-25-18/h4-7,10-14,17H,1-3,8-9H2. The van der Waals surface area contributed by atoms with E-state index < -0.39 is 0 Å². The highest BCUT2D eigenvalue weighted by Crippen LogP contribution is 2.24. The zero-order chi connectivity index (χ0) is 17.8. The Bertz CT molecular complexity index is 950. The second-order valence-electron chi connectivity index (χ2n) is 6.41. The third-order valence-corrected chi connectivity index (χ3v) is 5.58. The Balaban J connectivity index is 1.77. The molecule has 1 aliphatic rings. The molecule has 4 rings (SSSR count). The fraction of sp³-hybridized carbons (Fsp3) is 0.300. The van der Waals surface area contributed by atoms with Crippen LogP contribution in [0.3, 0.4) is 0 Å². The van der Waals surface area contributed by atoms with Gasteiger partial charge in [-0.2, -0.15) is 5.10 Å². The molecule has 3 aromatic rings. The number of aromatic nitrogens is 1. The van der Waals surface area contributed by atoms with E-state index in [1.54, 1.807) is 23.8 Å². The molecule has 0 aliphatic heterocycles. The van der Waals surface area contributed by atoms with Crippen LogP contribution >= 0.6 is 22.9 Å². The van der Waals surface area contributed by atoms with Gasteiger partial charge in [0.2, 0.25) is 4.80 Å². The second kappa shape index (κ2) is 8.06. The van der Waals surface area contributed by atoms with Crippen molar-refractivity contribution in [3.8, 4) is 11.3 Å². The molecule has 1 saturated carbocycles. The van der Waals surface area contributed by atoms with E-state index in [4.69, 9.17) is 21.0 Å². The molecule has 134 valence electrons. The molecule has 0 amide bonds. The quantitative estimate of drug-likeness (QED) is 0.540. The Morgan fingerprint density at radius 3 is 2.81 bits per heavy atom. The molecule has 0 atom stereocenters. The van der Waals surface area contributed by atoms with Gasteiger partial charge in [-0.15, -0.1) is 11.3 Å². The molecule has 0 spiro atoms. The lowest BCUT2D eigenvalue weighted by Gasteiger charge is -2.16. The van der Waals surface area contributed by atoms with E-state index in [9.17, 15) is 0 Å². The first-order valence-electron chi connectivity index (χ1n) is 8.88. The van der Waals surface area contributed by atoms with Gasteiger partial charge in [-0.05, 0) is 37.1 Å². The lowest BCUT2D eigenvalue weighted by molar-refractivity contribution is 0.435. The molecule has 2 aromatic heterocycles. The van der Waals surface area contributed by atoms with Crippen molar-refractivity contribution in [2.75, 3.05) is 0 Å². The van der Waals surface area contributed by atoms with E-state index >= 15 is 0 Å². The molecule has 0 radical (unpaired) electrons. The Morgan fingerprint density at radius 1 is 1.15 bits per heavy atom. The molecule has 0 saturated heterocycles. The van der Waals surface area contributed by atoms with Gasteiger partial charge >= 0.3 is 0 Å². The molecule has 26 heavy (non-hydrogen) atoms. The summed E-state index contributed by atoms with van der Waals surface area (Å²) >= 11 is 7.80. The third kappa shape index (κ3) is 4.00. The van der Waals surface area contributed by atoms with Gasteiger partial charge in [0, 0.05) is 16.0 Å². The highest BCUT2D eigenvalue weighted by atomic mass is 35.5. The zero-order valence-corrected chi connectivity index (χ0v) is 15.9. The maximum absolute atomic E-state index is 6.19. The second-order valence-corrected chi connectivity index (χ2v) is 7.68. The minimum Gasteiger partial charge on any atom is -0.463 e. The van der Waals surface area contributed by atoms with Gasteiger partial charge in [0.15, 0.2) is 0 Å². The summed E-state index contributed by atoms with van der Waals surface area (Å²) in [5, 5.41) is 7.45. The number of hydrogen-bond acceptors (Lipinski definition) is 4. The van der Waals surface area contributed by atoms with Crippen LogP contribution in [0.15, 0.2) is 62.6 Å². The summed E-state index contributed by atoms with van der Waals surface area (Å²) in [5.74, 6) is 0.712. The van der Waals surface area contributed by atoms with Gasteiger partial charge in [0.1, 0.15) is 5.76 Å². The molecule has 0 bridgehead atoms. The van der Waals surface area contributed by atoms with E-state index in [0.29, 0.717) is 16.8 Å². The average molecular weight is 386 g/mol. The van der Waals surface area contributed by atoms with Crippen LogP contribution in [-0.4, -0.2) is 16.9 Å². The van der Waals surface area contributed by atoms with Gasteiger partial charge in [0.05, 0.1) is 24.2 Å². The predicted octanol–water partition coefficient (Wildman–Crippen LogP) is 5.58. The maximum Gasteiger partial charge on any atom is 0.206 e. The van der Waals surface area contributed by atoms with Gasteiger partial charge < -0.3 is 4.42 Å². The Kier molecular flexibility index (Phi) is 5.37. The lowest BCUT2D eigenvalue weighted by Crippen LogP contribution is -2.18. The number of halogens is 1. The van der Waals surface area contributed by atoms with Crippen molar-refractivity contribution in [2.45, 2.75) is 38.1 Å². The molecule has 1 aromatic carbocycles. The third-order valence-electron chi connectivity index (χ3n) is 4.52. The van der Waals surface area contributed by atoms with Crippen molar-refractivity contribution >= 4 is 29.2 Å². The SMILES string of the molecule is Clc1cccc(-c2csc(=NC3CCCCC3)n2N=Cc2ccco2)c1.